The molecule has 0 heterocycles. The molecule has 0 saturated carbocycles. The zero-order chi connectivity index (χ0) is 16.8. The molecule has 2 rings (SSSR count). The Hall–Kier alpha value is -1.78. The van der Waals surface area contributed by atoms with Crippen LogP contribution in [0.5, 0.6) is 5.75 Å². The van der Waals surface area contributed by atoms with E-state index >= 15 is 0 Å². The summed E-state index contributed by atoms with van der Waals surface area (Å²) in [5.41, 5.74) is 1.18. The van der Waals surface area contributed by atoms with Crippen molar-refractivity contribution in [1.29, 1.82) is 0 Å². The molecule has 0 bridgehead atoms. The van der Waals surface area contributed by atoms with Gasteiger partial charge in [0.1, 0.15) is 11.6 Å². The number of rotatable bonds is 6. The molecule has 0 aliphatic heterocycles. The van der Waals surface area contributed by atoms with E-state index < -0.39 is 11.7 Å². The topological polar surface area (TPSA) is 38.3 Å². The average molecular weight is 356 g/mol. The standard InChI is InChI=1S/C17H16Cl2FNO2/c1-11-4-2-5-12(8-11)23-7-3-6-21-17(22)13-9-16(20)15(19)10-14(13)18/h2,4-5,8-10H,3,6-7H2,1H3,(H,21,22). The highest BCUT2D eigenvalue weighted by Crippen LogP contribution is 2.24. The third kappa shape index (κ3) is 5.12. The lowest BCUT2D eigenvalue weighted by Gasteiger charge is -2.09. The van der Waals surface area contributed by atoms with Gasteiger partial charge in [0, 0.05) is 6.54 Å². The van der Waals surface area contributed by atoms with Crippen molar-refractivity contribution in [2.75, 3.05) is 13.2 Å². The van der Waals surface area contributed by atoms with Gasteiger partial charge in [-0.25, -0.2) is 4.39 Å². The van der Waals surface area contributed by atoms with E-state index in [1.165, 1.54) is 6.07 Å². The Morgan fingerprint density at radius 3 is 2.74 bits per heavy atom. The second-order valence-electron chi connectivity index (χ2n) is 5.02. The molecule has 0 radical (unpaired) electrons. The van der Waals surface area contributed by atoms with Crippen molar-refractivity contribution in [3.63, 3.8) is 0 Å². The number of carbonyl (C=O) groups is 1. The van der Waals surface area contributed by atoms with Crippen molar-refractivity contribution in [1.82, 2.24) is 5.32 Å². The maximum atomic E-state index is 13.4. The Kier molecular flexibility index (Phi) is 6.25. The molecule has 1 N–H and O–H groups in total. The molecule has 23 heavy (non-hydrogen) atoms. The normalized spacial score (nSPS) is 10.4. The lowest BCUT2D eigenvalue weighted by atomic mass is 10.2. The minimum absolute atomic E-state index is 0.0631. The van der Waals surface area contributed by atoms with Gasteiger partial charge in [0.25, 0.3) is 5.91 Å². The van der Waals surface area contributed by atoms with Gasteiger partial charge in [-0.05, 0) is 43.2 Å². The summed E-state index contributed by atoms with van der Waals surface area (Å²) < 4.78 is 19.0. The Labute approximate surface area is 144 Å². The fraction of sp³-hybridized carbons (Fsp3) is 0.235. The SMILES string of the molecule is Cc1cccc(OCCCNC(=O)c2cc(F)c(Cl)cc2Cl)c1. The van der Waals surface area contributed by atoms with Crippen molar-refractivity contribution in [2.24, 2.45) is 0 Å². The zero-order valence-corrected chi connectivity index (χ0v) is 14.0. The van der Waals surface area contributed by atoms with E-state index in [4.69, 9.17) is 27.9 Å². The van der Waals surface area contributed by atoms with Gasteiger partial charge in [-0.1, -0.05) is 35.3 Å². The van der Waals surface area contributed by atoms with Gasteiger partial charge in [0.05, 0.1) is 22.2 Å². The van der Waals surface area contributed by atoms with Gasteiger partial charge in [0.2, 0.25) is 0 Å². The fourth-order valence-electron chi connectivity index (χ4n) is 1.96. The minimum Gasteiger partial charge on any atom is -0.494 e. The Morgan fingerprint density at radius 2 is 2.00 bits per heavy atom. The van der Waals surface area contributed by atoms with Crippen molar-refractivity contribution < 1.29 is 13.9 Å². The lowest BCUT2D eigenvalue weighted by Crippen LogP contribution is -2.26. The molecule has 0 aliphatic rings. The molecule has 0 aliphatic carbocycles. The summed E-state index contributed by atoms with van der Waals surface area (Å²) in [5.74, 6) is -0.329. The molecule has 0 aromatic heterocycles. The first-order valence-corrected chi connectivity index (χ1v) is 7.85. The number of nitrogens with one attached hydrogen (secondary N) is 1. The molecule has 2 aromatic carbocycles. The largest absolute Gasteiger partial charge is 0.494 e. The highest BCUT2D eigenvalue weighted by atomic mass is 35.5. The minimum atomic E-state index is -0.677. The summed E-state index contributed by atoms with van der Waals surface area (Å²) in [6.07, 6.45) is 0.618. The third-order valence-corrected chi connectivity index (χ3v) is 3.72. The van der Waals surface area contributed by atoms with Gasteiger partial charge < -0.3 is 10.1 Å². The van der Waals surface area contributed by atoms with Crippen molar-refractivity contribution in [3.05, 3.63) is 63.4 Å². The van der Waals surface area contributed by atoms with Crippen LogP contribution in [0.15, 0.2) is 36.4 Å². The summed E-state index contributed by atoms with van der Waals surface area (Å²) >= 11 is 11.5. The van der Waals surface area contributed by atoms with Gasteiger partial charge in [-0.3, -0.25) is 4.79 Å². The highest BCUT2D eigenvalue weighted by Gasteiger charge is 2.13. The Balaban J connectivity index is 1.78. The Bertz CT molecular complexity index is 707. The average Bonchev–Trinajstić information content (AvgIpc) is 2.50. The number of hydrogen-bond donors (Lipinski definition) is 1. The predicted molar refractivity (Wildman–Crippen MR) is 90.0 cm³/mol. The van der Waals surface area contributed by atoms with Crippen molar-refractivity contribution >= 4 is 29.1 Å². The van der Waals surface area contributed by atoms with E-state index in [-0.39, 0.29) is 15.6 Å². The molecular weight excluding hydrogens is 340 g/mol. The number of ether oxygens (including phenoxy) is 1. The second kappa shape index (κ2) is 8.18. The molecule has 2 aromatic rings. The summed E-state index contributed by atoms with van der Waals surface area (Å²) in [6, 6.07) is 9.97. The molecular formula is C17H16Cl2FNO2. The van der Waals surface area contributed by atoms with E-state index in [2.05, 4.69) is 5.32 Å². The molecule has 0 fully saturated rings. The van der Waals surface area contributed by atoms with E-state index in [9.17, 15) is 9.18 Å². The van der Waals surface area contributed by atoms with Crippen molar-refractivity contribution in [2.45, 2.75) is 13.3 Å². The molecule has 0 atom stereocenters. The number of carbonyl (C=O) groups excluding carboxylic acids is 1. The first-order chi connectivity index (χ1) is 11.0. The molecule has 6 heteroatoms. The van der Waals surface area contributed by atoms with Gasteiger partial charge >= 0.3 is 0 Å². The smallest absolute Gasteiger partial charge is 0.252 e. The van der Waals surface area contributed by atoms with Crippen molar-refractivity contribution in [3.8, 4) is 5.75 Å². The van der Waals surface area contributed by atoms with Crippen LogP contribution in [0.4, 0.5) is 4.39 Å². The molecule has 0 saturated heterocycles. The van der Waals surface area contributed by atoms with Crippen LogP contribution in [0.25, 0.3) is 0 Å². The number of hydrogen-bond acceptors (Lipinski definition) is 2. The van der Waals surface area contributed by atoms with Crippen LogP contribution in [0, 0.1) is 12.7 Å². The van der Waals surface area contributed by atoms with Crippen LogP contribution < -0.4 is 10.1 Å². The number of amides is 1. The molecule has 3 nitrogen and oxygen atoms in total. The van der Waals surface area contributed by atoms with E-state index in [0.29, 0.717) is 19.6 Å². The predicted octanol–water partition coefficient (Wildman–Crippen LogP) is 4.64. The molecule has 0 spiro atoms. The molecule has 0 unspecified atom stereocenters. The van der Waals surface area contributed by atoms with Gasteiger partial charge in [0.15, 0.2) is 0 Å². The van der Waals surface area contributed by atoms with Crippen LogP contribution in [0.3, 0.4) is 0 Å². The third-order valence-electron chi connectivity index (χ3n) is 3.12. The number of aryl methyl sites for hydroxylation is 1. The van der Waals surface area contributed by atoms with Crippen LogP contribution in [0.1, 0.15) is 22.3 Å². The first-order valence-electron chi connectivity index (χ1n) is 7.09. The van der Waals surface area contributed by atoms with Crippen LogP contribution in [-0.4, -0.2) is 19.1 Å². The van der Waals surface area contributed by atoms with Crippen LogP contribution >= 0.6 is 23.2 Å². The van der Waals surface area contributed by atoms with Crippen LogP contribution in [-0.2, 0) is 0 Å². The Morgan fingerprint density at radius 1 is 1.22 bits per heavy atom. The van der Waals surface area contributed by atoms with Crippen LogP contribution in [0.2, 0.25) is 10.0 Å². The lowest BCUT2D eigenvalue weighted by molar-refractivity contribution is 0.0951. The van der Waals surface area contributed by atoms with E-state index in [1.54, 1.807) is 0 Å². The zero-order valence-electron chi connectivity index (χ0n) is 12.5. The molecule has 1 amide bonds. The molecule has 122 valence electrons. The summed E-state index contributed by atoms with van der Waals surface area (Å²) in [7, 11) is 0. The maximum absolute atomic E-state index is 13.4. The second-order valence-corrected chi connectivity index (χ2v) is 5.83. The number of halogens is 3. The summed E-state index contributed by atoms with van der Waals surface area (Å²) in [6.45, 7) is 2.85. The fourth-order valence-corrected chi connectivity index (χ4v) is 2.43. The quantitative estimate of drug-likeness (QED) is 0.605. The monoisotopic (exact) mass is 355 g/mol. The highest BCUT2D eigenvalue weighted by molar-refractivity contribution is 6.36. The summed E-state index contributed by atoms with van der Waals surface area (Å²) in [5, 5.41) is 2.67. The van der Waals surface area contributed by atoms with E-state index in [1.807, 2.05) is 31.2 Å². The van der Waals surface area contributed by atoms with Gasteiger partial charge in [-0.15, -0.1) is 0 Å². The summed E-state index contributed by atoms with van der Waals surface area (Å²) in [4.78, 5) is 12.0. The van der Waals surface area contributed by atoms with Gasteiger partial charge in [-0.2, -0.15) is 0 Å². The number of benzene rings is 2. The maximum Gasteiger partial charge on any atom is 0.252 e. The van der Waals surface area contributed by atoms with E-state index in [0.717, 1.165) is 17.4 Å². The first kappa shape index (κ1) is 17.6.